The molecule has 11 heteroatoms. The van der Waals surface area contributed by atoms with Crippen molar-refractivity contribution in [3.63, 3.8) is 0 Å². The molecule has 0 aliphatic heterocycles. The first kappa shape index (κ1) is 33.8. The molecule has 8 nitrogen and oxygen atoms in total. The maximum atomic E-state index is 14.6. The number of anilines is 1. The van der Waals surface area contributed by atoms with Gasteiger partial charge in [-0.15, -0.1) is 0 Å². The van der Waals surface area contributed by atoms with Crippen molar-refractivity contribution >= 4 is 50.7 Å². The third kappa shape index (κ3) is 8.57. The Labute approximate surface area is 274 Å². The number of hydrogen-bond donors (Lipinski definition) is 1. The van der Waals surface area contributed by atoms with Crippen LogP contribution in [0.1, 0.15) is 25.0 Å². The largest absolute Gasteiger partial charge is 0.495 e. The summed E-state index contributed by atoms with van der Waals surface area (Å²) in [7, 11) is -2.92. The van der Waals surface area contributed by atoms with Crippen LogP contribution in [0.3, 0.4) is 0 Å². The third-order valence-corrected chi connectivity index (χ3v) is 9.40. The molecule has 0 heterocycles. The van der Waals surface area contributed by atoms with E-state index in [2.05, 4.69) is 5.32 Å². The van der Waals surface area contributed by atoms with Crippen LogP contribution in [-0.4, -0.2) is 50.9 Å². The minimum absolute atomic E-state index is 0.0316. The molecule has 0 radical (unpaired) electrons. The van der Waals surface area contributed by atoms with E-state index in [0.717, 1.165) is 9.87 Å². The molecule has 0 bridgehead atoms. The van der Waals surface area contributed by atoms with Gasteiger partial charge in [-0.25, -0.2) is 8.42 Å². The second-order valence-corrected chi connectivity index (χ2v) is 13.3. The van der Waals surface area contributed by atoms with Crippen LogP contribution in [0.5, 0.6) is 5.75 Å². The highest BCUT2D eigenvalue weighted by molar-refractivity contribution is 7.92. The van der Waals surface area contributed by atoms with Crippen LogP contribution >= 0.6 is 23.2 Å². The van der Waals surface area contributed by atoms with Crippen molar-refractivity contribution in [3.8, 4) is 5.75 Å². The van der Waals surface area contributed by atoms with Gasteiger partial charge in [0.15, 0.2) is 0 Å². The molecule has 0 aliphatic carbocycles. The fraction of sp³-hybridized carbons (Fsp3) is 0.235. The molecule has 1 unspecified atom stereocenters. The second-order valence-electron chi connectivity index (χ2n) is 10.6. The Bertz CT molecular complexity index is 1720. The highest BCUT2D eigenvalue weighted by Crippen LogP contribution is 2.35. The summed E-state index contributed by atoms with van der Waals surface area (Å²) in [5, 5.41) is 3.58. The van der Waals surface area contributed by atoms with Crippen LogP contribution in [0, 0.1) is 0 Å². The molecule has 4 aromatic rings. The molecule has 0 aromatic heterocycles. The van der Waals surface area contributed by atoms with E-state index in [4.69, 9.17) is 27.9 Å². The van der Waals surface area contributed by atoms with Crippen molar-refractivity contribution < 1.29 is 22.7 Å². The van der Waals surface area contributed by atoms with Crippen LogP contribution in [0.25, 0.3) is 0 Å². The zero-order chi connectivity index (χ0) is 32.6. The molecular formula is C34H35Cl2N3O5S. The van der Waals surface area contributed by atoms with Gasteiger partial charge in [-0.2, -0.15) is 0 Å². The molecule has 0 saturated carbocycles. The smallest absolute Gasteiger partial charge is 0.264 e. The van der Waals surface area contributed by atoms with E-state index in [0.29, 0.717) is 10.6 Å². The standard InChI is InChI=1S/C34H35Cl2N3O5S/c1-24(2)37-34(41)31(20-25-12-6-4-7-13-25)38(22-26-14-10-11-17-29(26)36)33(40)23-39(30-21-27(35)18-19-32(30)44-3)45(42,43)28-15-8-5-9-16-28/h4-19,21,24,31H,20,22-23H2,1-3H3,(H,37,41). The van der Waals surface area contributed by atoms with Gasteiger partial charge in [-0.05, 0) is 61.4 Å². The lowest BCUT2D eigenvalue weighted by molar-refractivity contribution is -0.140. The van der Waals surface area contributed by atoms with E-state index in [9.17, 15) is 18.0 Å². The molecule has 45 heavy (non-hydrogen) atoms. The van der Waals surface area contributed by atoms with E-state index in [-0.39, 0.29) is 46.3 Å². The van der Waals surface area contributed by atoms with Crippen LogP contribution in [0.15, 0.2) is 108 Å². The molecule has 0 fully saturated rings. The first-order chi connectivity index (χ1) is 21.5. The number of hydrogen-bond acceptors (Lipinski definition) is 5. The molecule has 4 aromatic carbocycles. The summed E-state index contributed by atoms with van der Waals surface area (Å²) in [4.78, 5) is 29.7. The molecule has 0 saturated heterocycles. The molecular weight excluding hydrogens is 633 g/mol. The number of ether oxygens (including phenoxy) is 1. The predicted octanol–water partition coefficient (Wildman–Crippen LogP) is 6.36. The van der Waals surface area contributed by atoms with Crippen molar-refractivity contribution in [2.45, 2.75) is 43.8 Å². The Hall–Kier alpha value is -4.05. The summed E-state index contributed by atoms with van der Waals surface area (Å²) in [6.07, 6.45) is 0.182. The number of halogens is 2. The fourth-order valence-electron chi connectivity index (χ4n) is 4.84. The van der Waals surface area contributed by atoms with Crippen LogP contribution in [0.4, 0.5) is 5.69 Å². The van der Waals surface area contributed by atoms with E-state index >= 15 is 0 Å². The summed E-state index contributed by atoms with van der Waals surface area (Å²) in [5.41, 5.74) is 1.50. The number of rotatable bonds is 13. The second kappa shape index (κ2) is 15.3. The third-order valence-electron chi connectivity index (χ3n) is 7.02. The Balaban J connectivity index is 1.86. The number of amides is 2. The highest BCUT2D eigenvalue weighted by atomic mass is 35.5. The minimum Gasteiger partial charge on any atom is -0.495 e. The van der Waals surface area contributed by atoms with Crippen molar-refractivity contribution in [3.05, 3.63) is 124 Å². The Morgan fingerprint density at radius 1 is 0.867 bits per heavy atom. The summed E-state index contributed by atoms with van der Waals surface area (Å²) in [6.45, 7) is 2.96. The van der Waals surface area contributed by atoms with Gasteiger partial charge < -0.3 is 15.0 Å². The molecule has 236 valence electrons. The number of nitrogens with one attached hydrogen (secondary N) is 1. The zero-order valence-electron chi connectivity index (χ0n) is 25.2. The van der Waals surface area contributed by atoms with E-state index in [1.54, 1.807) is 48.5 Å². The first-order valence-corrected chi connectivity index (χ1v) is 16.5. The average molecular weight is 669 g/mol. The summed E-state index contributed by atoms with van der Waals surface area (Å²) >= 11 is 12.9. The lowest BCUT2D eigenvalue weighted by Crippen LogP contribution is -2.54. The zero-order valence-corrected chi connectivity index (χ0v) is 27.5. The lowest BCUT2D eigenvalue weighted by Gasteiger charge is -2.34. The van der Waals surface area contributed by atoms with Crippen LogP contribution in [0.2, 0.25) is 10.0 Å². The number of carbonyl (C=O) groups excluding carboxylic acids is 2. The van der Waals surface area contributed by atoms with Gasteiger partial charge in [0, 0.05) is 29.1 Å². The summed E-state index contributed by atoms with van der Waals surface area (Å²) < 4.78 is 34.8. The summed E-state index contributed by atoms with van der Waals surface area (Å²) in [5.74, 6) is -0.814. The molecule has 2 amide bonds. The maximum absolute atomic E-state index is 14.6. The van der Waals surface area contributed by atoms with Gasteiger partial charge >= 0.3 is 0 Å². The number of sulfonamides is 1. The lowest BCUT2D eigenvalue weighted by atomic mass is 10.0. The monoisotopic (exact) mass is 667 g/mol. The van der Waals surface area contributed by atoms with Gasteiger partial charge in [0.05, 0.1) is 17.7 Å². The van der Waals surface area contributed by atoms with Crippen molar-refractivity contribution in [1.82, 2.24) is 10.2 Å². The fourth-order valence-corrected chi connectivity index (χ4v) is 6.64. The topological polar surface area (TPSA) is 96.0 Å². The molecule has 0 spiro atoms. The first-order valence-electron chi connectivity index (χ1n) is 14.3. The van der Waals surface area contributed by atoms with Gasteiger partial charge in [0.25, 0.3) is 10.0 Å². The van der Waals surface area contributed by atoms with Crippen LogP contribution < -0.4 is 14.4 Å². The normalized spacial score (nSPS) is 12.0. The number of benzene rings is 4. The number of methoxy groups -OCH3 is 1. The van der Waals surface area contributed by atoms with E-state index < -0.39 is 28.5 Å². The van der Waals surface area contributed by atoms with Crippen molar-refractivity contribution in [2.75, 3.05) is 18.0 Å². The number of nitrogens with zero attached hydrogens (tertiary/aromatic N) is 2. The van der Waals surface area contributed by atoms with E-state index in [1.807, 2.05) is 44.2 Å². The van der Waals surface area contributed by atoms with Crippen molar-refractivity contribution in [2.24, 2.45) is 0 Å². The summed E-state index contributed by atoms with van der Waals surface area (Å²) in [6, 6.07) is 27.4. The number of carbonyl (C=O) groups is 2. The van der Waals surface area contributed by atoms with Gasteiger partial charge in [0.1, 0.15) is 18.3 Å². The Morgan fingerprint density at radius 3 is 2.11 bits per heavy atom. The molecule has 1 N–H and O–H groups in total. The minimum atomic E-state index is -4.32. The van der Waals surface area contributed by atoms with Crippen molar-refractivity contribution in [1.29, 1.82) is 0 Å². The van der Waals surface area contributed by atoms with Gasteiger partial charge in [0.2, 0.25) is 11.8 Å². The average Bonchev–Trinajstić information content (AvgIpc) is 3.02. The highest BCUT2D eigenvalue weighted by Gasteiger charge is 2.36. The SMILES string of the molecule is COc1ccc(Cl)cc1N(CC(=O)N(Cc1ccccc1Cl)C(Cc1ccccc1)C(=O)NC(C)C)S(=O)(=O)c1ccccc1. The van der Waals surface area contributed by atoms with Gasteiger partial charge in [-0.1, -0.05) is 89.9 Å². The maximum Gasteiger partial charge on any atom is 0.264 e. The predicted molar refractivity (Wildman–Crippen MR) is 178 cm³/mol. The molecule has 1 atom stereocenters. The van der Waals surface area contributed by atoms with Gasteiger partial charge in [-0.3, -0.25) is 13.9 Å². The Morgan fingerprint density at radius 2 is 1.49 bits per heavy atom. The van der Waals surface area contributed by atoms with Crippen LogP contribution in [-0.2, 0) is 32.6 Å². The molecule has 4 rings (SSSR count). The Kier molecular flexibility index (Phi) is 11.5. The molecule has 0 aliphatic rings. The van der Waals surface area contributed by atoms with E-state index in [1.165, 1.54) is 36.3 Å². The quantitative estimate of drug-likeness (QED) is 0.179.